The molecular formula is C2H12GeNO4S. The molecule has 0 aliphatic heterocycles. The number of quaternary nitrogens is 1. The fraction of sp³-hybridized carbons (Fsp3) is 1.00. The maximum absolute atomic E-state index is 9.70. The van der Waals surface area contributed by atoms with Gasteiger partial charge in [-0.3, -0.25) is 0 Å². The van der Waals surface area contributed by atoms with E-state index in [1.54, 1.807) is 0 Å². The summed E-state index contributed by atoms with van der Waals surface area (Å²) in [6.45, 7) is 0. The zero-order valence-electron chi connectivity index (χ0n) is 5.25. The van der Waals surface area contributed by atoms with E-state index in [0.29, 0.717) is 5.25 Å². The van der Waals surface area contributed by atoms with Crippen molar-refractivity contribution in [1.82, 2.24) is 6.15 Å². The maximum Gasteiger partial charge on any atom is -0.369 e. The second-order valence-electron chi connectivity index (χ2n) is 1.12. The van der Waals surface area contributed by atoms with Gasteiger partial charge in [-0.15, -0.1) is 0 Å². The summed E-state index contributed by atoms with van der Waals surface area (Å²) < 4.78 is 29.1. The van der Waals surface area contributed by atoms with Gasteiger partial charge >= 0.3 is 50.6 Å². The van der Waals surface area contributed by atoms with E-state index in [1.165, 1.54) is 0 Å². The third-order valence-corrected chi connectivity index (χ3v) is 3.00. The molecule has 0 aromatic heterocycles. The standard InChI is InChI=1S/C2H7GeO3S.H3N.H2O/c3-1-2-7(4,5)6;;/h1-3H2,(H,4,5,6);1H3;1H2. The van der Waals surface area contributed by atoms with Gasteiger partial charge in [0.15, 0.2) is 0 Å². The first kappa shape index (κ1) is 16.2. The minimum Gasteiger partial charge on any atom is -0.369 e. The minimum absolute atomic E-state index is 0. The Bertz CT molecular complexity index is 132. The third kappa shape index (κ3) is 17.8. The normalized spacial score (nSPS) is 9.11. The summed E-state index contributed by atoms with van der Waals surface area (Å²) in [4.78, 5) is 0. The van der Waals surface area contributed by atoms with E-state index in [4.69, 9.17) is 0 Å². The first-order valence-electron chi connectivity index (χ1n) is 1.79. The molecule has 0 rings (SSSR count). The van der Waals surface area contributed by atoms with E-state index in [1.807, 2.05) is 0 Å². The minimum atomic E-state index is -3.89. The summed E-state index contributed by atoms with van der Waals surface area (Å²) >= 11 is 0.876. The van der Waals surface area contributed by atoms with Crippen molar-refractivity contribution in [2.24, 2.45) is 0 Å². The van der Waals surface area contributed by atoms with Crippen LogP contribution in [-0.4, -0.2) is 40.7 Å². The molecule has 6 N–H and O–H groups in total. The topological polar surface area (TPSA) is 125 Å². The summed E-state index contributed by atoms with van der Waals surface area (Å²) in [5.74, 6) is -0.188. The van der Waals surface area contributed by atoms with Crippen molar-refractivity contribution < 1.29 is 18.4 Å². The quantitative estimate of drug-likeness (QED) is 0.431. The van der Waals surface area contributed by atoms with Crippen LogP contribution >= 0.6 is 0 Å². The van der Waals surface area contributed by atoms with Crippen LogP contribution in [0.15, 0.2) is 0 Å². The van der Waals surface area contributed by atoms with Crippen molar-refractivity contribution in [3.05, 3.63) is 0 Å². The molecule has 0 saturated carbocycles. The van der Waals surface area contributed by atoms with E-state index in [0.717, 1.165) is 16.5 Å². The first-order valence-corrected chi connectivity index (χ1v) is 5.46. The van der Waals surface area contributed by atoms with Gasteiger partial charge in [-0.1, -0.05) is 0 Å². The van der Waals surface area contributed by atoms with Gasteiger partial charge < -0.3 is 11.6 Å². The molecule has 0 bridgehead atoms. The Hall–Kier alpha value is 0.373. The van der Waals surface area contributed by atoms with Crippen molar-refractivity contribution in [2.75, 3.05) is 5.75 Å². The van der Waals surface area contributed by atoms with Crippen LogP contribution < -0.4 is 6.15 Å². The number of rotatable bonds is 2. The van der Waals surface area contributed by atoms with Gasteiger partial charge in [0.25, 0.3) is 0 Å². The Balaban J connectivity index is -0.000000180. The fourth-order valence-electron chi connectivity index (χ4n) is 0.177. The molecule has 0 heterocycles. The fourth-order valence-corrected chi connectivity index (χ4v) is 2.76. The van der Waals surface area contributed by atoms with Crippen LogP contribution in [0.5, 0.6) is 0 Å². The Kier molecular flexibility index (Phi) is 11.7. The zero-order chi connectivity index (χ0) is 5.91. The van der Waals surface area contributed by atoms with E-state index in [2.05, 4.69) is 0 Å². The summed E-state index contributed by atoms with van der Waals surface area (Å²) in [6, 6.07) is 0. The molecule has 5 nitrogen and oxygen atoms in total. The molecule has 59 valence electrons. The molecule has 1 radical (unpaired) electrons. The average molecular weight is 219 g/mol. The van der Waals surface area contributed by atoms with Crippen molar-refractivity contribution in [3.63, 3.8) is 0 Å². The first-order chi connectivity index (χ1) is 3.06. The van der Waals surface area contributed by atoms with Crippen molar-refractivity contribution >= 4 is 26.6 Å². The van der Waals surface area contributed by atoms with Gasteiger partial charge in [0, 0.05) is 0 Å². The van der Waals surface area contributed by atoms with Crippen LogP contribution in [0.2, 0.25) is 5.25 Å². The molecule has 7 heteroatoms. The Morgan fingerprint density at radius 2 is 1.78 bits per heavy atom. The molecule has 0 aliphatic carbocycles. The molecule has 0 aromatic rings. The van der Waals surface area contributed by atoms with Gasteiger partial charge in [-0.05, 0) is 0 Å². The third-order valence-electron chi connectivity index (χ3n) is 0.394. The Morgan fingerprint density at radius 1 is 1.44 bits per heavy atom. The Morgan fingerprint density at radius 3 is 1.78 bits per heavy atom. The monoisotopic (exact) mass is 220 g/mol. The second kappa shape index (κ2) is 6.49. The molecule has 9 heavy (non-hydrogen) atoms. The largest absolute Gasteiger partial charge is 0.369 e. The van der Waals surface area contributed by atoms with E-state index in [-0.39, 0.29) is 17.4 Å². The van der Waals surface area contributed by atoms with Crippen molar-refractivity contribution in [1.29, 1.82) is 0 Å². The number of hydrogen-bond donors (Lipinski definition) is 1. The zero-order valence-corrected chi connectivity index (χ0v) is 9.04. The maximum atomic E-state index is 9.70. The van der Waals surface area contributed by atoms with Crippen molar-refractivity contribution in [2.45, 2.75) is 5.25 Å². The smallest absolute Gasteiger partial charge is 0.369 e. The van der Waals surface area contributed by atoms with Crippen LogP contribution in [0.4, 0.5) is 0 Å². The number of hydrogen-bond acceptors (Lipinski definition) is 3. The SMILES string of the molecule is O.O=S(=O)([O-])C[CH2][GeH2].[NH4+]. The molecular weight excluding hydrogens is 207 g/mol. The van der Waals surface area contributed by atoms with Crippen LogP contribution in [0.3, 0.4) is 0 Å². The molecule has 0 amide bonds. The average Bonchev–Trinajstić information content (AvgIpc) is 1.30. The van der Waals surface area contributed by atoms with Gasteiger partial charge in [0.2, 0.25) is 0 Å². The van der Waals surface area contributed by atoms with Crippen LogP contribution in [0.1, 0.15) is 0 Å². The van der Waals surface area contributed by atoms with E-state index >= 15 is 0 Å². The van der Waals surface area contributed by atoms with Gasteiger partial charge in [-0.2, -0.15) is 0 Å². The Labute approximate surface area is 62.7 Å². The van der Waals surface area contributed by atoms with E-state index < -0.39 is 10.1 Å². The molecule has 0 spiro atoms. The summed E-state index contributed by atoms with van der Waals surface area (Å²) in [6.07, 6.45) is 0. The van der Waals surface area contributed by atoms with E-state index in [9.17, 15) is 13.0 Å². The van der Waals surface area contributed by atoms with Crippen LogP contribution in [0.25, 0.3) is 0 Å². The second-order valence-corrected chi connectivity index (χ2v) is 4.12. The molecule has 0 fully saturated rings. The molecule has 0 saturated heterocycles. The molecule has 0 unspecified atom stereocenters. The van der Waals surface area contributed by atoms with Crippen LogP contribution in [-0.2, 0) is 10.1 Å². The van der Waals surface area contributed by atoms with Crippen molar-refractivity contribution in [3.8, 4) is 0 Å². The summed E-state index contributed by atoms with van der Waals surface area (Å²) in [5.41, 5.74) is 0. The molecule has 0 aliphatic rings. The van der Waals surface area contributed by atoms with Gasteiger partial charge in [0.1, 0.15) is 0 Å². The summed E-state index contributed by atoms with van der Waals surface area (Å²) in [7, 11) is -3.89. The predicted molar refractivity (Wildman–Crippen MR) is 37.5 cm³/mol. The predicted octanol–water partition coefficient (Wildman–Crippen LogP) is -1.87. The molecule has 0 atom stereocenters. The van der Waals surface area contributed by atoms with Crippen LogP contribution in [0, 0.1) is 0 Å². The summed E-state index contributed by atoms with van der Waals surface area (Å²) in [5, 5.41) is 0.534. The molecule has 0 aromatic carbocycles. The van der Waals surface area contributed by atoms with Gasteiger partial charge in [-0.25, -0.2) is 0 Å². The van der Waals surface area contributed by atoms with Gasteiger partial charge in [0.05, 0.1) is 0 Å².